The Kier molecular flexibility index (Phi) is 5.09. The zero-order valence-electron chi connectivity index (χ0n) is 15.7. The van der Waals surface area contributed by atoms with Crippen molar-refractivity contribution in [2.75, 3.05) is 26.2 Å². The Morgan fingerprint density at radius 3 is 2.85 bits per heavy atom. The second-order valence-corrected chi connectivity index (χ2v) is 8.80. The van der Waals surface area contributed by atoms with Gasteiger partial charge in [-0.1, -0.05) is 11.3 Å². The van der Waals surface area contributed by atoms with E-state index in [-0.39, 0.29) is 5.56 Å². The molecule has 8 heteroatoms. The van der Waals surface area contributed by atoms with Gasteiger partial charge in [0.05, 0.1) is 17.9 Å². The quantitative estimate of drug-likeness (QED) is 0.805. The first-order chi connectivity index (χ1) is 12.5. The summed E-state index contributed by atoms with van der Waals surface area (Å²) in [6, 6.07) is 2.16. The van der Waals surface area contributed by atoms with Crippen LogP contribution in [-0.4, -0.2) is 68.8 Å². The van der Waals surface area contributed by atoms with E-state index in [1.165, 1.54) is 28.7 Å². The largest absolute Gasteiger partial charge is 0.373 e. The fourth-order valence-corrected chi connectivity index (χ4v) is 5.05. The summed E-state index contributed by atoms with van der Waals surface area (Å²) >= 11 is 1.47. The van der Waals surface area contributed by atoms with Gasteiger partial charge in [-0.3, -0.25) is 14.6 Å². The van der Waals surface area contributed by atoms with Gasteiger partial charge in [0.1, 0.15) is 5.01 Å². The van der Waals surface area contributed by atoms with Crippen LogP contribution in [0.2, 0.25) is 0 Å². The Morgan fingerprint density at radius 2 is 2.08 bits per heavy atom. The van der Waals surface area contributed by atoms with Crippen LogP contribution in [0.15, 0.2) is 10.9 Å². The molecule has 0 N–H and O–H groups in total. The fraction of sp³-hybridized carbons (Fsp3) is 0.722. The monoisotopic (exact) mass is 377 g/mol. The van der Waals surface area contributed by atoms with Gasteiger partial charge in [-0.25, -0.2) is 4.98 Å². The topological polar surface area (TPSA) is 63.0 Å². The van der Waals surface area contributed by atoms with Gasteiger partial charge in [0, 0.05) is 38.3 Å². The van der Waals surface area contributed by atoms with Gasteiger partial charge in [-0.2, -0.15) is 9.61 Å². The molecule has 4 heterocycles. The average molecular weight is 378 g/mol. The normalized spacial score (nSPS) is 28.2. The molecule has 0 aromatic carbocycles. The van der Waals surface area contributed by atoms with E-state index < -0.39 is 0 Å². The molecule has 26 heavy (non-hydrogen) atoms. The summed E-state index contributed by atoms with van der Waals surface area (Å²) in [5.41, 5.74) is 0.773. The van der Waals surface area contributed by atoms with Crippen molar-refractivity contribution in [1.82, 2.24) is 24.4 Å². The van der Waals surface area contributed by atoms with Crippen molar-refractivity contribution in [1.29, 1.82) is 0 Å². The third kappa shape index (κ3) is 3.83. The van der Waals surface area contributed by atoms with Gasteiger partial charge in [0.15, 0.2) is 0 Å². The molecule has 3 atom stereocenters. The minimum atomic E-state index is -0.0825. The number of hydrogen-bond acceptors (Lipinski definition) is 7. The van der Waals surface area contributed by atoms with Gasteiger partial charge in [-0.15, -0.1) is 0 Å². The van der Waals surface area contributed by atoms with Crippen molar-refractivity contribution in [2.24, 2.45) is 0 Å². The number of likely N-dealkylation sites (tertiary alicyclic amines) is 1. The van der Waals surface area contributed by atoms with E-state index in [4.69, 9.17) is 4.74 Å². The lowest BCUT2D eigenvalue weighted by atomic mass is 10.1. The predicted molar refractivity (Wildman–Crippen MR) is 102 cm³/mol. The summed E-state index contributed by atoms with van der Waals surface area (Å²) in [5, 5.41) is 5.08. The minimum absolute atomic E-state index is 0.0825. The highest BCUT2D eigenvalue weighted by Gasteiger charge is 2.30. The maximum absolute atomic E-state index is 12.3. The molecule has 0 amide bonds. The molecule has 0 aliphatic carbocycles. The SMILES string of the molecule is Cc1nn2c(=O)cc(CN3CCCC3CN3CC(C)OC(C)C3)nc2s1. The third-order valence-electron chi connectivity index (χ3n) is 5.23. The van der Waals surface area contributed by atoms with Gasteiger partial charge >= 0.3 is 0 Å². The maximum atomic E-state index is 12.3. The molecular weight excluding hydrogens is 350 g/mol. The van der Waals surface area contributed by atoms with Crippen molar-refractivity contribution in [3.8, 4) is 0 Å². The Bertz CT molecular complexity index is 825. The first-order valence-corrected chi connectivity index (χ1v) is 10.3. The molecule has 2 saturated heterocycles. The standard InChI is InChI=1S/C18H27N5O2S/c1-12-8-21(9-13(2)25-12)11-16-5-4-6-22(16)10-15-7-17(24)23-18(19-15)26-14(3)20-23/h7,12-13,16H,4-6,8-11H2,1-3H3. The van der Waals surface area contributed by atoms with E-state index in [1.807, 2.05) is 6.92 Å². The summed E-state index contributed by atoms with van der Waals surface area (Å²) in [5.74, 6) is 0. The van der Waals surface area contributed by atoms with Crippen LogP contribution in [0.25, 0.3) is 4.96 Å². The van der Waals surface area contributed by atoms with Crippen LogP contribution in [0.4, 0.5) is 0 Å². The third-order valence-corrected chi connectivity index (χ3v) is 6.05. The highest BCUT2D eigenvalue weighted by molar-refractivity contribution is 7.16. The lowest BCUT2D eigenvalue weighted by Crippen LogP contribution is -2.50. The summed E-state index contributed by atoms with van der Waals surface area (Å²) < 4.78 is 7.26. The number of hydrogen-bond donors (Lipinski definition) is 0. The van der Waals surface area contributed by atoms with Gasteiger partial charge in [0.25, 0.3) is 5.56 Å². The van der Waals surface area contributed by atoms with Crippen LogP contribution in [0.1, 0.15) is 37.4 Å². The van der Waals surface area contributed by atoms with E-state index >= 15 is 0 Å². The highest BCUT2D eigenvalue weighted by atomic mass is 32.1. The molecule has 2 aliphatic rings. The Hall–Kier alpha value is -1.35. The Balaban J connectivity index is 1.46. The molecule has 4 rings (SSSR count). The maximum Gasteiger partial charge on any atom is 0.275 e. The summed E-state index contributed by atoms with van der Waals surface area (Å²) in [6.07, 6.45) is 3.02. The minimum Gasteiger partial charge on any atom is -0.373 e. The smallest absolute Gasteiger partial charge is 0.275 e. The second-order valence-electron chi connectivity index (χ2n) is 7.64. The Morgan fingerprint density at radius 1 is 1.31 bits per heavy atom. The van der Waals surface area contributed by atoms with E-state index in [2.05, 4.69) is 33.7 Å². The van der Waals surface area contributed by atoms with Crippen LogP contribution in [0.3, 0.4) is 0 Å². The average Bonchev–Trinajstić information content (AvgIpc) is 3.13. The molecule has 2 aliphatic heterocycles. The predicted octanol–water partition coefficient (Wildman–Crippen LogP) is 1.53. The number of morpholine rings is 1. The van der Waals surface area contributed by atoms with Gasteiger partial charge < -0.3 is 4.74 Å². The number of aryl methyl sites for hydroxylation is 1. The first kappa shape index (κ1) is 18.0. The molecule has 0 bridgehead atoms. The van der Waals surface area contributed by atoms with E-state index in [0.717, 1.165) is 43.4 Å². The van der Waals surface area contributed by atoms with Gasteiger partial charge in [-0.05, 0) is 40.2 Å². The van der Waals surface area contributed by atoms with Crippen LogP contribution in [0.5, 0.6) is 0 Å². The molecule has 3 unspecified atom stereocenters. The van der Waals surface area contributed by atoms with Gasteiger partial charge in [0.2, 0.25) is 4.96 Å². The molecule has 2 aromatic rings. The summed E-state index contributed by atoms with van der Waals surface area (Å²) in [4.78, 5) is 22.7. The Labute approximate surface area is 157 Å². The molecule has 0 radical (unpaired) electrons. The number of ether oxygens (including phenoxy) is 1. The highest BCUT2D eigenvalue weighted by Crippen LogP contribution is 2.22. The molecule has 7 nitrogen and oxygen atoms in total. The van der Waals surface area contributed by atoms with Crippen LogP contribution in [-0.2, 0) is 11.3 Å². The number of fused-ring (bicyclic) bond motifs is 1. The summed E-state index contributed by atoms with van der Waals surface area (Å²) in [6.45, 7) is 11.1. The zero-order valence-corrected chi connectivity index (χ0v) is 16.5. The van der Waals surface area contributed by atoms with Crippen molar-refractivity contribution in [2.45, 2.75) is 58.4 Å². The lowest BCUT2D eigenvalue weighted by molar-refractivity contribution is -0.0724. The van der Waals surface area contributed by atoms with E-state index in [9.17, 15) is 4.79 Å². The lowest BCUT2D eigenvalue weighted by Gasteiger charge is -2.38. The number of rotatable bonds is 4. The van der Waals surface area contributed by atoms with Crippen molar-refractivity contribution in [3.63, 3.8) is 0 Å². The molecule has 0 saturated carbocycles. The van der Waals surface area contributed by atoms with E-state index in [0.29, 0.717) is 23.2 Å². The molecule has 142 valence electrons. The molecule has 2 aromatic heterocycles. The summed E-state index contributed by atoms with van der Waals surface area (Å²) in [7, 11) is 0. The van der Waals surface area contributed by atoms with Crippen LogP contribution in [0, 0.1) is 6.92 Å². The van der Waals surface area contributed by atoms with Crippen molar-refractivity contribution < 1.29 is 4.74 Å². The molecule has 0 spiro atoms. The van der Waals surface area contributed by atoms with Crippen LogP contribution >= 0.6 is 11.3 Å². The molecular formula is C18H27N5O2S. The van der Waals surface area contributed by atoms with Crippen molar-refractivity contribution >= 4 is 16.3 Å². The van der Waals surface area contributed by atoms with Crippen molar-refractivity contribution in [3.05, 3.63) is 27.1 Å². The number of aromatic nitrogens is 3. The second kappa shape index (κ2) is 7.34. The first-order valence-electron chi connectivity index (χ1n) is 9.46. The zero-order chi connectivity index (χ0) is 18.3. The van der Waals surface area contributed by atoms with Crippen LogP contribution < -0.4 is 5.56 Å². The molecule has 2 fully saturated rings. The number of nitrogens with zero attached hydrogens (tertiary/aromatic N) is 5. The van der Waals surface area contributed by atoms with E-state index in [1.54, 1.807) is 6.07 Å². The fourth-order valence-electron chi connectivity index (χ4n) is 4.28.